The third-order valence-electron chi connectivity index (χ3n) is 11.2. The zero-order valence-corrected chi connectivity index (χ0v) is 31.9. The number of benzene rings is 9. The molecule has 0 aliphatic rings. The Balaban J connectivity index is 1.07. The van der Waals surface area contributed by atoms with Crippen molar-refractivity contribution in [1.82, 2.24) is 4.40 Å². The molecule has 0 bridgehead atoms. The van der Waals surface area contributed by atoms with Gasteiger partial charge >= 0.3 is 0 Å². The van der Waals surface area contributed by atoms with Crippen LogP contribution in [0.3, 0.4) is 0 Å². The maximum absolute atomic E-state index is 2.47. The van der Waals surface area contributed by atoms with Crippen molar-refractivity contribution in [2.24, 2.45) is 0 Å². The molecule has 0 aliphatic carbocycles. The lowest BCUT2D eigenvalue weighted by Crippen LogP contribution is -2.09. The highest BCUT2D eigenvalue weighted by molar-refractivity contribution is 7.24. The van der Waals surface area contributed by atoms with Crippen LogP contribution in [0.4, 0.5) is 17.1 Å². The first-order valence-electron chi connectivity index (χ1n) is 19.4. The minimum absolute atomic E-state index is 1.10. The van der Waals surface area contributed by atoms with Gasteiger partial charge < -0.3 is 9.30 Å². The Labute approximate surface area is 335 Å². The maximum Gasteiger partial charge on any atom is 0.0634 e. The molecule has 268 valence electrons. The van der Waals surface area contributed by atoms with Gasteiger partial charge in [0, 0.05) is 43.3 Å². The molecule has 0 aliphatic heterocycles. The van der Waals surface area contributed by atoms with E-state index in [2.05, 4.69) is 228 Å². The van der Waals surface area contributed by atoms with Crippen molar-refractivity contribution < 1.29 is 0 Å². The van der Waals surface area contributed by atoms with Crippen molar-refractivity contribution in [3.63, 3.8) is 0 Å². The van der Waals surface area contributed by atoms with Gasteiger partial charge in [0.15, 0.2) is 0 Å². The van der Waals surface area contributed by atoms with Crippen LogP contribution in [0.15, 0.2) is 218 Å². The number of anilines is 3. The molecular weight excluding hydrogens is 709 g/mol. The first-order chi connectivity index (χ1) is 28.3. The fraction of sp³-hybridized carbons (Fsp3) is 0. The number of rotatable bonds is 6. The summed E-state index contributed by atoms with van der Waals surface area (Å²) in [6.07, 6.45) is 0. The highest BCUT2D eigenvalue weighted by Crippen LogP contribution is 2.42. The van der Waals surface area contributed by atoms with Gasteiger partial charge in [0.05, 0.1) is 21.3 Å². The monoisotopic (exact) mass is 744 g/mol. The van der Waals surface area contributed by atoms with Gasteiger partial charge in [-0.25, -0.2) is 0 Å². The van der Waals surface area contributed by atoms with E-state index in [-0.39, 0.29) is 0 Å². The lowest BCUT2D eigenvalue weighted by atomic mass is 10.0. The first-order valence-corrected chi connectivity index (χ1v) is 20.2. The molecule has 0 saturated carbocycles. The van der Waals surface area contributed by atoms with Gasteiger partial charge in [-0.1, -0.05) is 164 Å². The average Bonchev–Trinajstić information content (AvgIpc) is 3.62. The molecule has 11 rings (SSSR count). The molecule has 0 atom stereocenters. The molecule has 3 heteroatoms. The summed E-state index contributed by atoms with van der Waals surface area (Å²) in [6, 6.07) is 79.3. The Morgan fingerprint density at radius 3 is 1.37 bits per heavy atom. The van der Waals surface area contributed by atoms with Gasteiger partial charge in [-0.2, -0.15) is 0 Å². The third kappa shape index (κ3) is 5.71. The second kappa shape index (κ2) is 13.8. The topological polar surface area (TPSA) is 7.65 Å². The molecule has 2 aromatic heterocycles. The van der Waals surface area contributed by atoms with Crippen molar-refractivity contribution in [3.8, 4) is 33.4 Å². The summed E-state index contributed by atoms with van der Waals surface area (Å²) in [5, 5.41) is 5.06. The maximum atomic E-state index is 2.47. The van der Waals surface area contributed by atoms with Crippen LogP contribution in [0.2, 0.25) is 0 Å². The number of nitrogens with zero attached hydrogens (tertiary/aromatic N) is 2. The molecule has 0 fully saturated rings. The van der Waals surface area contributed by atoms with Gasteiger partial charge in [-0.3, -0.25) is 0 Å². The van der Waals surface area contributed by atoms with Crippen LogP contribution in [-0.2, 0) is 0 Å². The Hall–Kier alpha value is -7.20. The Bertz CT molecular complexity index is 3170. The number of hydrogen-bond acceptors (Lipinski definition) is 2. The van der Waals surface area contributed by atoms with E-state index in [9.17, 15) is 0 Å². The molecule has 9 aromatic carbocycles. The summed E-state index contributed by atoms with van der Waals surface area (Å²) in [5.74, 6) is 0. The predicted octanol–water partition coefficient (Wildman–Crippen LogP) is 15.6. The lowest BCUT2D eigenvalue weighted by Gasteiger charge is -2.26. The lowest BCUT2D eigenvalue weighted by molar-refractivity contribution is 1.28. The third-order valence-corrected chi connectivity index (χ3v) is 12.4. The average molecular weight is 745 g/mol. The first kappa shape index (κ1) is 33.2. The fourth-order valence-corrected chi connectivity index (χ4v) is 9.73. The van der Waals surface area contributed by atoms with Crippen molar-refractivity contribution in [3.05, 3.63) is 218 Å². The SMILES string of the molecule is c1ccc(-c2ccc(N(c3ccc(-c4ccccc4)cc3)c3ccc(-c4cccc5c4sc4ccccc4n4c6ccccc6c6cccc5c64)cc3)cc2)cc1. The van der Waals surface area contributed by atoms with Crippen molar-refractivity contribution in [1.29, 1.82) is 0 Å². The molecule has 2 heterocycles. The van der Waals surface area contributed by atoms with Crippen LogP contribution in [-0.4, -0.2) is 4.40 Å². The number of para-hydroxylation sites is 3. The van der Waals surface area contributed by atoms with Crippen LogP contribution in [0.5, 0.6) is 0 Å². The quantitative estimate of drug-likeness (QED) is 0.165. The molecule has 57 heavy (non-hydrogen) atoms. The Kier molecular flexibility index (Phi) is 8.04. The van der Waals surface area contributed by atoms with E-state index in [1.165, 1.54) is 80.9 Å². The molecule has 0 unspecified atom stereocenters. The second-order valence-corrected chi connectivity index (χ2v) is 15.6. The zero-order chi connectivity index (χ0) is 37.7. The highest BCUT2D eigenvalue weighted by Gasteiger charge is 2.17. The smallest absolute Gasteiger partial charge is 0.0634 e. The molecule has 0 spiro atoms. The van der Waals surface area contributed by atoms with Gasteiger partial charge in [0.2, 0.25) is 0 Å². The summed E-state index contributed by atoms with van der Waals surface area (Å²) in [7, 11) is 0. The summed E-state index contributed by atoms with van der Waals surface area (Å²) in [5.41, 5.74) is 14.3. The Morgan fingerprint density at radius 1 is 0.316 bits per heavy atom. The minimum atomic E-state index is 1.10. The normalized spacial score (nSPS) is 11.5. The van der Waals surface area contributed by atoms with E-state index < -0.39 is 0 Å². The molecule has 0 saturated heterocycles. The van der Waals surface area contributed by atoms with Crippen LogP contribution < -0.4 is 4.90 Å². The molecule has 2 nitrogen and oxygen atoms in total. The molecular formula is C54H36N2S. The van der Waals surface area contributed by atoms with Gasteiger partial charge in [-0.05, 0) is 88.0 Å². The van der Waals surface area contributed by atoms with Gasteiger partial charge in [0.25, 0.3) is 0 Å². The van der Waals surface area contributed by atoms with E-state index >= 15 is 0 Å². The summed E-state index contributed by atoms with van der Waals surface area (Å²) in [6.45, 7) is 0. The summed E-state index contributed by atoms with van der Waals surface area (Å²) >= 11 is 1.87. The number of aromatic nitrogens is 1. The summed E-state index contributed by atoms with van der Waals surface area (Å²) < 4.78 is 4.98. The minimum Gasteiger partial charge on any atom is -0.311 e. The number of fused-ring (bicyclic) bond motifs is 7. The van der Waals surface area contributed by atoms with E-state index in [1.807, 2.05) is 11.3 Å². The van der Waals surface area contributed by atoms with E-state index in [1.54, 1.807) is 0 Å². The highest BCUT2D eigenvalue weighted by atomic mass is 32.1. The van der Waals surface area contributed by atoms with Gasteiger partial charge in [0.1, 0.15) is 0 Å². The molecule has 0 N–H and O–H groups in total. The van der Waals surface area contributed by atoms with Crippen molar-refractivity contribution in [2.75, 3.05) is 4.90 Å². The molecule has 0 amide bonds. The van der Waals surface area contributed by atoms with E-state index in [0.29, 0.717) is 0 Å². The van der Waals surface area contributed by atoms with Crippen molar-refractivity contribution in [2.45, 2.75) is 0 Å². The Morgan fingerprint density at radius 2 is 0.754 bits per heavy atom. The zero-order valence-electron chi connectivity index (χ0n) is 31.1. The van der Waals surface area contributed by atoms with E-state index in [0.717, 1.165) is 17.1 Å². The van der Waals surface area contributed by atoms with Crippen LogP contribution >= 0.6 is 11.3 Å². The second-order valence-electron chi connectivity index (χ2n) is 14.5. The largest absolute Gasteiger partial charge is 0.311 e. The standard InChI is InChI=1S/C54H36N2S/c1-3-13-37(14-4-1)39-25-31-42(32-26-39)55(43-33-27-40(28-34-43)38-15-5-2-6-16-38)44-35-29-41(30-36-44)45-18-11-21-49-48-20-12-19-47-46-17-7-8-22-50(46)56(53(47)48)51-23-9-10-24-52(51)57-54(45)49/h1-36H. The molecule has 11 aromatic rings. The van der Waals surface area contributed by atoms with E-state index in [4.69, 9.17) is 0 Å². The summed E-state index contributed by atoms with van der Waals surface area (Å²) in [4.78, 5) is 2.35. The predicted molar refractivity (Wildman–Crippen MR) is 245 cm³/mol. The van der Waals surface area contributed by atoms with Crippen molar-refractivity contribution >= 4 is 75.9 Å². The van der Waals surface area contributed by atoms with Gasteiger partial charge in [-0.15, -0.1) is 11.3 Å². The molecule has 0 radical (unpaired) electrons. The van der Waals surface area contributed by atoms with Crippen LogP contribution in [0.25, 0.3) is 80.9 Å². The number of hydrogen-bond donors (Lipinski definition) is 0. The van der Waals surface area contributed by atoms with Crippen LogP contribution in [0, 0.1) is 0 Å². The van der Waals surface area contributed by atoms with Crippen LogP contribution in [0.1, 0.15) is 0 Å². The fourth-order valence-electron chi connectivity index (χ4n) is 8.52.